The van der Waals surface area contributed by atoms with E-state index in [2.05, 4.69) is 27.9 Å². The molecule has 0 heterocycles. The van der Waals surface area contributed by atoms with Gasteiger partial charge in [-0.05, 0) is 59.0 Å². The molecule has 0 spiro atoms. The van der Waals surface area contributed by atoms with E-state index in [-0.39, 0.29) is 18.2 Å². The van der Waals surface area contributed by atoms with E-state index in [1.54, 1.807) is 18.2 Å². The minimum Gasteiger partial charge on any atom is -0.481 e. The zero-order valence-electron chi connectivity index (χ0n) is 12.0. The van der Waals surface area contributed by atoms with Gasteiger partial charge in [0.05, 0.1) is 5.02 Å². The van der Waals surface area contributed by atoms with Gasteiger partial charge in [0.15, 0.2) is 0 Å². The molecule has 1 rings (SSSR count). The lowest BCUT2D eigenvalue weighted by molar-refractivity contribution is -0.138. The molecule has 1 aromatic rings. The van der Waals surface area contributed by atoms with Gasteiger partial charge >= 0.3 is 5.97 Å². The molecule has 1 amide bonds. The van der Waals surface area contributed by atoms with Crippen LogP contribution in [0.1, 0.15) is 37.0 Å². The van der Waals surface area contributed by atoms with Gasteiger partial charge in [0, 0.05) is 22.1 Å². The summed E-state index contributed by atoms with van der Waals surface area (Å²) < 4.78 is 0.884. The number of benzene rings is 1. The maximum atomic E-state index is 12.1. The average Bonchev–Trinajstić information content (AvgIpc) is 2.37. The number of carboxylic acids is 1. The second-order valence-electron chi connectivity index (χ2n) is 5.43. The van der Waals surface area contributed by atoms with E-state index in [9.17, 15) is 9.59 Å². The Labute approximate surface area is 143 Å². The fourth-order valence-corrected chi connectivity index (χ4v) is 2.64. The Morgan fingerprint density at radius 1 is 1.38 bits per heavy atom. The lowest BCUT2D eigenvalue weighted by Crippen LogP contribution is -2.31. The fraction of sp³-hybridized carbons (Fsp3) is 0.467. The molecule has 21 heavy (non-hydrogen) atoms. The third-order valence-corrected chi connectivity index (χ3v) is 4.57. The van der Waals surface area contributed by atoms with Gasteiger partial charge in [0.2, 0.25) is 0 Å². The first-order valence-electron chi connectivity index (χ1n) is 6.74. The summed E-state index contributed by atoms with van der Waals surface area (Å²) in [4.78, 5) is 22.9. The molecule has 0 aliphatic heterocycles. The summed E-state index contributed by atoms with van der Waals surface area (Å²) in [6, 6.07) is 5.10. The highest BCUT2D eigenvalue weighted by Crippen LogP contribution is 2.20. The first kappa shape index (κ1) is 18.2. The second-order valence-corrected chi connectivity index (χ2v) is 7.00. The van der Waals surface area contributed by atoms with Crippen molar-refractivity contribution in [2.45, 2.75) is 26.7 Å². The van der Waals surface area contributed by atoms with Crippen LogP contribution in [0.15, 0.2) is 18.2 Å². The van der Waals surface area contributed by atoms with E-state index in [0.29, 0.717) is 23.0 Å². The molecule has 0 aliphatic carbocycles. The number of amides is 1. The zero-order chi connectivity index (χ0) is 16.0. The molecule has 0 radical (unpaired) electrons. The summed E-state index contributed by atoms with van der Waals surface area (Å²) in [6.45, 7) is 4.43. The number of nitrogens with one attached hydrogen (secondary N) is 1. The Bertz CT molecular complexity index is 520. The molecule has 1 atom stereocenters. The Morgan fingerprint density at radius 3 is 2.57 bits per heavy atom. The van der Waals surface area contributed by atoms with Crippen LogP contribution in [-0.2, 0) is 4.79 Å². The highest BCUT2D eigenvalue weighted by molar-refractivity contribution is 14.1. The van der Waals surface area contributed by atoms with Crippen molar-refractivity contribution in [2.24, 2.45) is 11.8 Å². The summed E-state index contributed by atoms with van der Waals surface area (Å²) in [7, 11) is 0. The number of aliphatic carboxylic acids is 1. The molecule has 0 fully saturated rings. The monoisotopic (exact) mass is 423 g/mol. The highest BCUT2D eigenvalue weighted by atomic mass is 127. The van der Waals surface area contributed by atoms with Gasteiger partial charge in [-0.15, -0.1) is 0 Å². The first-order chi connectivity index (χ1) is 9.79. The van der Waals surface area contributed by atoms with Crippen molar-refractivity contribution in [3.05, 3.63) is 32.4 Å². The van der Waals surface area contributed by atoms with Crippen LogP contribution < -0.4 is 5.32 Å². The fourth-order valence-electron chi connectivity index (χ4n) is 2.13. The van der Waals surface area contributed by atoms with E-state index in [4.69, 9.17) is 16.7 Å². The Morgan fingerprint density at radius 2 is 2.05 bits per heavy atom. The van der Waals surface area contributed by atoms with Crippen LogP contribution in [-0.4, -0.2) is 23.5 Å². The number of hydrogen-bond acceptors (Lipinski definition) is 2. The van der Waals surface area contributed by atoms with Crippen molar-refractivity contribution in [1.82, 2.24) is 5.32 Å². The molecular weight excluding hydrogens is 405 g/mol. The molecule has 6 heteroatoms. The zero-order valence-corrected chi connectivity index (χ0v) is 14.9. The van der Waals surface area contributed by atoms with Crippen LogP contribution in [0.2, 0.25) is 5.02 Å². The quantitative estimate of drug-likeness (QED) is 0.655. The summed E-state index contributed by atoms with van der Waals surface area (Å²) in [5.41, 5.74) is 0.485. The average molecular weight is 424 g/mol. The summed E-state index contributed by atoms with van der Waals surface area (Å²) in [5.74, 6) is -0.746. The molecule has 0 unspecified atom stereocenters. The molecule has 0 saturated heterocycles. The Balaban J connectivity index is 2.63. The summed E-state index contributed by atoms with van der Waals surface area (Å²) in [5, 5.41) is 12.2. The molecule has 0 aliphatic rings. The normalized spacial score (nSPS) is 12.2. The molecule has 1 aromatic carbocycles. The van der Waals surface area contributed by atoms with Crippen molar-refractivity contribution in [3.63, 3.8) is 0 Å². The van der Waals surface area contributed by atoms with Crippen molar-refractivity contribution in [1.29, 1.82) is 0 Å². The summed E-state index contributed by atoms with van der Waals surface area (Å²) >= 11 is 8.09. The van der Waals surface area contributed by atoms with E-state index < -0.39 is 5.97 Å². The standard InChI is InChI=1S/C15H19ClINO3/c1-9(2)5-10(6-14(19)20)8-18-15(21)11-3-4-13(17)12(16)7-11/h3-4,7,9-10H,5-6,8H2,1-2H3,(H,18,21)(H,19,20)/t10-/m0/s1. The molecular formula is C15H19ClINO3. The molecule has 4 nitrogen and oxygen atoms in total. The number of carbonyl (C=O) groups is 2. The van der Waals surface area contributed by atoms with Crippen molar-refractivity contribution in [3.8, 4) is 0 Å². The lowest BCUT2D eigenvalue weighted by Gasteiger charge is -2.17. The van der Waals surface area contributed by atoms with Crippen molar-refractivity contribution >= 4 is 46.1 Å². The van der Waals surface area contributed by atoms with Gasteiger partial charge in [0.1, 0.15) is 0 Å². The van der Waals surface area contributed by atoms with E-state index in [0.717, 1.165) is 9.99 Å². The molecule has 0 aromatic heterocycles. The smallest absolute Gasteiger partial charge is 0.303 e. The SMILES string of the molecule is CC(C)C[C@H](CNC(=O)c1ccc(I)c(Cl)c1)CC(=O)O. The summed E-state index contributed by atoms with van der Waals surface area (Å²) in [6.07, 6.45) is 0.825. The molecule has 0 saturated carbocycles. The van der Waals surface area contributed by atoms with Crippen LogP contribution in [0, 0.1) is 15.4 Å². The third-order valence-electron chi connectivity index (χ3n) is 3.00. The molecule has 116 valence electrons. The predicted molar refractivity (Wildman–Crippen MR) is 91.7 cm³/mol. The topological polar surface area (TPSA) is 66.4 Å². The van der Waals surface area contributed by atoms with Crippen molar-refractivity contribution < 1.29 is 14.7 Å². The minimum absolute atomic E-state index is 0.0614. The van der Waals surface area contributed by atoms with Gasteiger partial charge < -0.3 is 10.4 Å². The van der Waals surface area contributed by atoms with Crippen LogP contribution >= 0.6 is 34.2 Å². The minimum atomic E-state index is -0.841. The van der Waals surface area contributed by atoms with Crippen LogP contribution in [0.25, 0.3) is 0 Å². The number of halogens is 2. The van der Waals surface area contributed by atoms with E-state index in [1.807, 2.05) is 13.8 Å². The number of rotatable bonds is 7. The predicted octanol–water partition coefficient (Wildman–Crippen LogP) is 3.81. The lowest BCUT2D eigenvalue weighted by atomic mass is 9.94. The number of carbonyl (C=O) groups excluding carboxylic acids is 1. The highest BCUT2D eigenvalue weighted by Gasteiger charge is 2.17. The van der Waals surface area contributed by atoms with E-state index >= 15 is 0 Å². The van der Waals surface area contributed by atoms with Crippen molar-refractivity contribution in [2.75, 3.05) is 6.54 Å². The van der Waals surface area contributed by atoms with Crippen LogP contribution in [0.4, 0.5) is 0 Å². The van der Waals surface area contributed by atoms with Crippen LogP contribution in [0.5, 0.6) is 0 Å². The number of hydrogen-bond donors (Lipinski definition) is 2. The van der Waals surface area contributed by atoms with Gasteiger partial charge in [-0.3, -0.25) is 9.59 Å². The third kappa shape index (κ3) is 6.65. The van der Waals surface area contributed by atoms with Gasteiger partial charge in [-0.2, -0.15) is 0 Å². The number of carboxylic acid groups (broad SMARTS) is 1. The van der Waals surface area contributed by atoms with E-state index in [1.165, 1.54) is 0 Å². The van der Waals surface area contributed by atoms with Gasteiger partial charge in [-0.1, -0.05) is 25.4 Å². The largest absolute Gasteiger partial charge is 0.481 e. The second kappa shape index (κ2) is 8.58. The first-order valence-corrected chi connectivity index (χ1v) is 8.20. The Kier molecular flexibility index (Phi) is 7.45. The van der Waals surface area contributed by atoms with Crippen LogP contribution in [0.3, 0.4) is 0 Å². The maximum absolute atomic E-state index is 12.1. The molecule has 2 N–H and O–H groups in total. The Hall–Kier alpha value is -0.820. The maximum Gasteiger partial charge on any atom is 0.303 e. The van der Waals surface area contributed by atoms with Gasteiger partial charge in [-0.25, -0.2) is 0 Å². The molecule has 0 bridgehead atoms. The van der Waals surface area contributed by atoms with Gasteiger partial charge in [0.25, 0.3) is 5.91 Å².